The van der Waals surface area contributed by atoms with E-state index >= 15 is 0 Å². The molecule has 8 nitrogen and oxygen atoms in total. The fourth-order valence-electron chi connectivity index (χ4n) is 9.55. The Labute approximate surface area is 418 Å². The topological polar surface area (TPSA) is 171 Å². The molecule has 0 aliphatic heterocycles. The van der Waals surface area contributed by atoms with Crippen molar-refractivity contribution in [2.24, 2.45) is 0 Å². The van der Waals surface area contributed by atoms with Gasteiger partial charge in [0.25, 0.3) is 0 Å². The van der Waals surface area contributed by atoms with Crippen LogP contribution >= 0.6 is 0 Å². The maximum Gasteiger partial charge on any atom is 0.416 e. The fraction of sp³-hybridized carbons (Fsp3) is 0.0333. The number of allylic oxidation sites excluding steroid dienone is 7. The van der Waals surface area contributed by atoms with Crippen LogP contribution in [0.2, 0.25) is 0 Å². The largest absolute Gasteiger partial charge is 0.416 e. The normalized spacial score (nSPS) is 13.9. The van der Waals surface area contributed by atoms with Gasteiger partial charge < -0.3 is 0 Å². The lowest BCUT2D eigenvalue weighted by atomic mass is 9.77. The van der Waals surface area contributed by atoms with E-state index < -0.39 is 23.5 Å². The van der Waals surface area contributed by atoms with Crippen LogP contribution in [0.3, 0.4) is 0 Å². The Kier molecular flexibility index (Phi) is 12.2. The summed E-state index contributed by atoms with van der Waals surface area (Å²) in [5, 5.41) is 75.4. The monoisotopic (exact) mass is 970 g/mol. The number of hydrogen-bond acceptors (Lipinski definition) is 7. The summed E-state index contributed by atoms with van der Waals surface area (Å²) < 4.78 is 86.7. The molecule has 0 saturated carbocycles. The van der Waals surface area contributed by atoms with Gasteiger partial charge in [0, 0.05) is 27.8 Å². The van der Waals surface area contributed by atoms with Crippen molar-refractivity contribution in [1.29, 1.82) is 36.8 Å². The molecule has 0 bridgehead atoms. The van der Waals surface area contributed by atoms with Crippen molar-refractivity contribution in [2.75, 3.05) is 0 Å². The molecule has 7 aromatic carbocycles. The van der Waals surface area contributed by atoms with Crippen molar-refractivity contribution in [1.82, 2.24) is 0 Å². The number of benzene rings is 7. The molecule has 0 amide bonds. The second kappa shape index (κ2) is 18.7. The Morgan fingerprint density at radius 1 is 0.392 bits per heavy atom. The number of nitrogens with zero attached hydrogens (tertiary/aromatic N) is 8. The predicted octanol–water partition coefficient (Wildman–Crippen LogP) is 14.7. The maximum atomic E-state index is 14.4. The van der Waals surface area contributed by atoms with Gasteiger partial charge >= 0.3 is 12.4 Å². The molecule has 0 saturated heterocycles. The van der Waals surface area contributed by atoms with Crippen LogP contribution in [0.25, 0.3) is 71.8 Å². The van der Waals surface area contributed by atoms with Gasteiger partial charge in [0.2, 0.25) is 5.70 Å². The summed E-state index contributed by atoms with van der Waals surface area (Å²) in [7, 11) is 0. The summed E-state index contributed by atoms with van der Waals surface area (Å²) in [6.07, 6.45) is -9.68. The molecule has 0 aromatic heterocycles. The summed E-state index contributed by atoms with van der Waals surface area (Å²) >= 11 is 0. The van der Waals surface area contributed by atoms with E-state index in [0.29, 0.717) is 11.1 Å². The number of rotatable bonds is 6. The van der Waals surface area contributed by atoms with Crippen molar-refractivity contribution in [2.45, 2.75) is 12.4 Å². The van der Waals surface area contributed by atoms with Gasteiger partial charge in [-0.1, -0.05) is 84.9 Å². The minimum atomic E-state index is -4.84. The zero-order valence-corrected chi connectivity index (χ0v) is 37.7. The van der Waals surface area contributed by atoms with Gasteiger partial charge in [-0.05, 0) is 122 Å². The first kappa shape index (κ1) is 48.0. The van der Waals surface area contributed by atoms with E-state index in [4.69, 9.17) is 6.57 Å². The quantitative estimate of drug-likeness (QED) is 0.0906. The van der Waals surface area contributed by atoms with Gasteiger partial charge in [0.15, 0.2) is 0 Å². The van der Waals surface area contributed by atoms with Crippen LogP contribution in [0.15, 0.2) is 146 Å². The molecule has 0 fully saturated rings. The Bertz CT molecular complexity index is 3750. The van der Waals surface area contributed by atoms with Gasteiger partial charge in [0.1, 0.15) is 18.2 Å². The predicted molar refractivity (Wildman–Crippen MR) is 263 cm³/mol. The Morgan fingerprint density at radius 3 is 1.09 bits per heavy atom. The first-order chi connectivity index (χ1) is 35.6. The first-order valence-corrected chi connectivity index (χ1v) is 21.8. The summed E-state index contributed by atoms with van der Waals surface area (Å²) in [6.45, 7) is 8.87. The van der Waals surface area contributed by atoms with Crippen LogP contribution < -0.4 is 0 Å². The van der Waals surface area contributed by atoms with E-state index in [2.05, 4.69) is 23.1 Å². The van der Waals surface area contributed by atoms with Gasteiger partial charge in [-0.2, -0.15) is 63.2 Å². The van der Waals surface area contributed by atoms with E-state index in [1.807, 2.05) is 24.3 Å². The van der Waals surface area contributed by atoms with Crippen molar-refractivity contribution < 1.29 is 26.3 Å². The van der Waals surface area contributed by atoms with E-state index in [9.17, 15) is 63.2 Å². The Hall–Kier alpha value is -11.0. The SMILES string of the molecule is [C-]#[N+]/C(=C1/C(c2ccccc2)=C(C#N)c2c1c(-c1ccc(C(F)(F)F)cc1)c1c(c2-c2ccc(C(F)(F)F)cc2)/C(=C(\C#N)c2cc(C#N)cc(C#N)c2)C(c2ccccc2)=C1C#N)c1cc(C#N)cc(C#N)c1. The Morgan fingerprint density at radius 2 is 0.757 bits per heavy atom. The van der Waals surface area contributed by atoms with Gasteiger partial charge in [-0.25, -0.2) is 4.85 Å². The minimum absolute atomic E-state index is 0.000412. The van der Waals surface area contributed by atoms with Gasteiger partial charge in [-0.3, -0.25) is 0 Å². The van der Waals surface area contributed by atoms with Crippen LogP contribution in [0.5, 0.6) is 0 Å². The molecule has 0 N–H and O–H groups in total. The molecule has 346 valence electrons. The fourth-order valence-corrected chi connectivity index (χ4v) is 9.55. The maximum absolute atomic E-state index is 14.4. The molecule has 74 heavy (non-hydrogen) atoms. The van der Waals surface area contributed by atoms with Crippen molar-refractivity contribution in [3.8, 4) is 64.7 Å². The highest BCUT2D eigenvalue weighted by atomic mass is 19.4. The molecule has 14 heteroatoms. The molecule has 2 aliphatic carbocycles. The van der Waals surface area contributed by atoms with Crippen LogP contribution in [-0.4, -0.2) is 0 Å². The van der Waals surface area contributed by atoms with Crippen molar-refractivity contribution in [3.05, 3.63) is 235 Å². The highest BCUT2D eigenvalue weighted by molar-refractivity contribution is 6.38. The van der Waals surface area contributed by atoms with Crippen LogP contribution in [0.4, 0.5) is 26.3 Å². The van der Waals surface area contributed by atoms with Crippen LogP contribution in [-0.2, 0) is 12.4 Å². The lowest BCUT2D eigenvalue weighted by molar-refractivity contribution is -0.138. The van der Waals surface area contributed by atoms with Crippen molar-refractivity contribution >= 4 is 44.7 Å². The zero-order chi connectivity index (χ0) is 52.6. The van der Waals surface area contributed by atoms with Gasteiger partial charge in [-0.15, -0.1) is 0 Å². The molecule has 9 rings (SSSR count). The first-order valence-electron chi connectivity index (χ1n) is 21.8. The van der Waals surface area contributed by atoms with Crippen LogP contribution in [0.1, 0.15) is 77.9 Å². The van der Waals surface area contributed by atoms with Crippen molar-refractivity contribution in [3.63, 3.8) is 0 Å². The molecule has 7 aromatic rings. The summed E-state index contributed by atoms with van der Waals surface area (Å²) in [4.78, 5) is 3.99. The number of nitriles is 7. The average Bonchev–Trinajstić information content (AvgIpc) is 3.94. The third-order valence-corrected chi connectivity index (χ3v) is 12.5. The second-order valence-corrected chi connectivity index (χ2v) is 16.6. The second-order valence-electron chi connectivity index (χ2n) is 16.6. The standard InChI is InChI=1S/C60H24F6N8/c1-74-58(42-24-35(28-69)21-36(25-42)29-70)57-49(38-10-6-3-7-11-38)47(32-73)54-50(39-12-16-43(17-13-39)59(61,62)63)55-52(45(30-71)41-22-33(26-67)20-34(23-41)27-68)48(37-8-4-2-5-9-37)46(31-72)53(55)51(56(54)57)40-14-18-44(19-15-40)60(64,65)66/h2-25H/b52-45+,58-57-. The molecule has 0 heterocycles. The highest BCUT2D eigenvalue weighted by Crippen LogP contribution is 2.63. The molecule has 0 unspecified atom stereocenters. The molecule has 0 spiro atoms. The average molecular weight is 971 g/mol. The minimum Gasteiger partial charge on any atom is -0.237 e. The Balaban J connectivity index is 1.66. The zero-order valence-electron chi connectivity index (χ0n) is 37.7. The van der Waals surface area contributed by atoms with E-state index in [1.165, 1.54) is 36.4 Å². The number of halogens is 6. The molecule has 0 atom stereocenters. The van der Waals surface area contributed by atoms with E-state index in [-0.39, 0.29) is 123 Å². The summed E-state index contributed by atoms with van der Waals surface area (Å²) in [5.41, 5.74) is -2.71. The lowest BCUT2D eigenvalue weighted by Gasteiger charge is -2.24. The molecular weight excluding hydrogens is 947 g/mol. The van der Waals surface area contributed by atoms with E-state index in [0.717, 1.165) is 48.5 Å². The molecule has 2 aliphatic rings. The van der Waals surface area contributed by atoms with Crippen LogP contribution in [0, 0.1) is 85.9 Å². The van der Waals surface area contributed by atoms with Gasteiger partial charge in [0.05, 0.1) is 80.9 Å². The summed E-state index contributed by atoms with van der Waals surface area (Å²) in [6, 6.07) is 46.8. The third-order valence-electron chi connectivity index (χ3n) is 12.5. The highest BCUT2D eigenvalue weighted by Gasteiger charge is 2.44. The number of hydrogen-bond donors (Lipinski definition) is 0. The number of fused-ring (bicyclic) bond motifs is 2. The third kappa shape index (κ3) is 8.07. The summed E-state index contributed by atoms with van der Waals surface area (Å²) in [5.74, 6) is 0. The lowest BCUT2D eigenvalue weighted by Crippen LogP contribution is -2.07. The van der Waals surface area contributed by atoms with E-state index in [1.54, 1.807) is 60.7 Å². The smallest absolute Gasteiger partial charge is 0.237 e. The molecular formula is C60H24F6N8. The molecule has 0 radical (unpaired) electrons. The number of alkyl halides is 6.